The highest BCUT2D eigenvalue weighted by molar-refractivity contribution is 5.81. The minimum atomic E-state index is 0.524. The van der Waals surface area contributed by atoms with Crippen molar-refractivity contribution in [1.82, 2.24) is 10.3 Å². The van der Waals surface area contributed by atoms with E-state index in [0.717, 1.165) is 18.5 Å². The zero-order chi connectivity index (χ0) is 15.2. The SMILES string of the molecule is CCCNC(Cc1ccnc2ccccc12)C(C)C(C)C. The number of nitrogens with one attached hydrogen (secondary N) is 1. The molecule has 2 nitrogen and oxygen atoms in total. The first-order valence-corrected chi connectivity index (χ1v) is 8.19. The van der Waals surface area contributed by atoms with Gasteiger partial charge in [-0.15, -0.1) is 0 Å². The van der Waals surface area contributed by atoms with E-state index in [4.69, 9.17) is 0 Å². The Balaban J connectivity index is 2.25. The molecule has 0 aliphatic carbocycles. The summed E-state index contributed by atoms with van der Waals surface area (Å²) in [5, 5.41) is 5.03. The molecule has 1 N–H and O–H groups in total. The van der Waals surface area contributed by atoms with Gasteiger partial charge in [-0.2, -0.15) is 0 Å². The molecule has 1 aromatic heterocycles. The van der Waals surface area contributed by atoms with Gasteiger partial charge in [0.15, 0.2) is 0 Å². The summed E-state index contributed by atoms with van der Waals surface area (Å²) in [6, 6.07) is 11.1. The molecule has 2 rings (SSSR count). The third-order valence-corrected chi connectivity index (χ3v) is 4.52. The second-order valence-corrected chi connectivity index (χ2v) is 6.36. The van der Waals surface area contributed by atoms with Gasteiger partial charge in [0.05, 0.1) is 5.52 Å². The van der Waals surface area contributed by atoms with Crippen LogP contribution in [0.5, 0.6) is 0 Å². The number of aromatic nitrogens is 1. The Morgan fingerprint density at radius 3 is 2.57 bits per heavy atom. The number of rotatable bonds is 7. The van der Waals surface area contributed by atoms with Crippen LogP contribution >= 0.6 is 0 Å². The molecule has 1 heterocycles. The molecule has 0 radical (unpaired) electrons. The number of para-hydroxylation sites is 1. The van der Waals surface area contributed by atoms with Crippen molar-refractivity contribution in [1.29, 1.82) is 0 Å². The number of hydrogen-bond donors (Lipinski definition) is 1. The molecule has 2 aromatic rings. The van der Waals surface area contributed by atoms with Crippen molar-refractivity contribution in [3.63, 3.8) is 0 Å². The van der Waals surface area contributed by atoms with E-state index in [1.165, 1.54) is 17.4 Å². The molecule has 0 saturated carbocycles. The van der Waals surface area contributed by atoms with Gasteiger partial charge in [-0.1, -0.05) is 45.9 Å². The summed E-state index contributed by atoms with van der Waals surface area (Å²) in [4.78, 5) is 4.47. The number of fused-ring (bicyclic) bond motifs is 1. The van der Waals surface area contributed by atoms with Crippen molar-refractivity contribution in [2.75, 3.05) is 6.54 Å². The lowest BCUT2D eigenvalue weighted by Gasteiger charge is -2.28. The Bertz CT molecular complexity index is 557. The smallest absolute Gasteiger partial charge is 0.0704 e. The van der Waals surface area contributed by atoms with Gasteiger partial charge in [-0.25, -0.2) is 0 Å². The van der Waals surface area contributed by atoms with Crippen molar-refractivity contribution in [3.05, 3.63) is 42.1 Å². The minimum Gasteiger partial charge on any atom is -0.313 e. The molecule has 114 valence electrons. The summed E-state index contributed by atoms with van der Waals surface area (Å²) >= 11 is 0. The highest BCUT2D eigenvalue weighted by Crippen LogP contribution is 2.22. The number of nitrogens with zero attached hydrogens (tertiary/aromatic N) is 1. The van der Waals surface area contributed by atoms with Crippen molar-refractivity contribution < 1.29 is 0 Å². The van der Waals surface area contributed by atoms with E-state index in [1.807, 2.05) is 6.20 Å². The van der Waals surface area contributed by atoms with Gasteiger partial charge in [-0.05, 0) is 48.9 Å². The van der Waals surface area contributed by atoms with Crippen LogP contribution in [-0.2, 0) is 6.42 Å². The van der Waals surface area contributed by atoms with E-state index in [1.54, 1.807) is 0 Å². The van der Waals surface area contributed by atoms with Crippen molar-refractivity contribution in [3.8, 4) is 0 Å². The molecule has 0 aliphatic rings. The maximum atomic E-state index is 4.47. The van der Waals surface area contributed by atoms with Crippen LogP contribution in [0.4, 0.5) is 0 Å². The molecular weight excluding hydrogens is 256 g/mol. The van der Waals surface area contributed by atoms with Crippen molar-refractivity contribution in [2.24, 2.45) is 11.8 Å². The highest BCUT2D eigenvalue weighted by Gasteiger charge is 2.20. The average Bonchev–Trinajstić information content (AvgIpc) is 2.50. The first-order valence-electron chi connectivity index (χ1n) is 8.19. The van der Waals surface area contributed by atoms with Crippen LogP contribution in [0.15, 0.2) is 36.5 Å². The van der Waals surface area contributed by atoms with Gasteiger partial charge in [0.25, 0.3) is 0 Å². The second-order valence-electron chi connectivity index (χ2n) is 6.36. The fraction of sp³-hybridized carbons (Fsp3) is 0.526. The molecule has 0 amide bonds. The Labute approximate surface area is 129 Å². The maximum Gasteiger partial charge on any atom is 0.0704 e. The molecule has 0 aliphatic heterocycles. The normalized spacial score (nSPS) is 14.5. The van der Waals surface area contributed by atoms with Gasteiger partial charge in [0.2, 0.25) is 0 Å². The van der Waals surface area contributed by atoms with E-state index < -0.39 is 0 Å². The second kappa shape index (κ2) is 7.56. The van der Waals surface area contributed by atoms with E-state index in [9.17, 15) is 0 Å². The van der Waals surface area contributed by atoms with Gasteiger partial charge in [0.1, 0.15) is 0 Å². The van der Waals surface area contributed by atoms with Crippen LogP contribution in [0, 0.1) is 11.8 Å². The summed E-state index contributed by atoms with van der Waals surface area (Å²) in [7, 11) is 0. The highest BCUT2D eigenvalue weighted by atomic mass is 14.9. The first-order chi connectivity index (χ1) is 10.1. The van der Waals surface area contributed by atoms with Crippen LogP contribution in [0.3, 0.4) is 0 Å². The number of benzene rings is 1. The average molecular weight is 284 g/mol. The van der Waals surface area contributed by atoms with E-state index in [2.05, 4.69) is 68.3 Å². The van der Waals surface area contributed by atoms with Crippen molar-refractivity contribution >= 4 is 10.9 Å². The van der Waals surface area contributed by atoms with E-state index in [0.29, 0.717) is 17.9 Å². The van der Waals surface area contributed by atoms with Gasteiger partial charge < -0.3 is 5.32 Å². The summed E-state index contributed by atoms with van der Waals surface area (Å²) in [5.74, 6) is 1.34. The van der Waals surface area contributed by atoms with E-state index in [-0.39, 0.29) is 0 Å². The third-order valence-electron chi connectivity index (χ3n) is 4.52. The predicted octanol–water partition coefficient (Wildman–Crippen LogP) is 4.44. The predicted molar refractivity (Wildman–Crippen MR) is 91.5 cm³/mol. The molecule has 21 heavy (non-hydrogen) atoms. The minimum absolute atomic E-state index is 0.524. The zero-order valence-corrected chi connectivity index (χ0v) is 13.8. The largest absolute Gasteiger partial charge is 0.313 e. The first kappa shape index (κ1) is 16.0. The number of pyridine rings is 1. The summed E-state index contributed by atoms with van der Waals surface area (Å²) in [6.07, 6.45) is 4.19. The van der Waals surface area contributed by atoms with Crippen molar-refractivity contribution in [2.45, 2.75) is 46.6 Å². The lowest BCUT2D eigenvalue weighted by molar-refractivity contribution is 0.297. The Hall–Kier alpha value is -1.41. The Morgan fingerprint density at radius 2 is 1.86 bits per heavy atom. The molecule has 0 spiro atoms. The third kappa shape index (κ3) is 4.04. The Morgan fingerprint density at radius 1 is 1.10 bits per heavy atom. The molecule has 2 heteroatoms. The molecule has 0 fully saturated rings. The molecule has 0 saturated heterocycles. The maximum absolute atomic E-state index is 4.47. The van der Waals surface area contributed by atoms with Crippen LogP contribution in [0.1, 0.15) is 39.7 Å². The summed E-state index contributed by atoms with van der Waals surface area (Å²) < 4.78 is 0. The molecule has 2 atom stereocenters. The fourth-order valence-electron chi connectivity index (χ4n) is 2.81. The van der Waals surface area contributed by atoms with Crippen LogP contribution in [0.25, 0.3) is 10.9 Å². The Kier molecular flexibility index (Phi) is 5.75. The molecule has 2 unspecified atom stereocenters. The lowest BCUT2D eigenvalue weighted by Crippen LogP contribution is -2.39. The molecule has 0 bridgehead atoms. The van der Waals surface area contributed by atoms with Crippen LogP contribution < -0.4 is 5.32 Å². The summed E-state index contributed by atoms with van der Waals surface area (Å²) in [5.41, 5.74) is 2.50. The van der Waals surface area contributed by atoms with E-state index >= 15 is 0 Å². The molecule has 1 aromatic carbocycles. The lowest BCUT2D eigenvalue weighted by atomic mass is 9.86. The molecular formula is C19H28N2. The topological polar surface area (TPSA) is 24.9 Å². The van der Waals surface area contributed by atoms with Gasteiger partial charge >= 0.3 is 0 Å². The van der Waals surface area contributed by atoms with Gasteiger partial charge in [-0.3, -0.25) is 4.98 Å². The fourth-order valence-corrected chi connectivity index (χ4v) is 2.81. The summed E-state index contributed by atoms with van der Waals surface area (Å²) in [6.45, 7) is 10.3. The van der Waals surface area contributed by atoms with Gasteiger partial charge in [0, 0.05) is 17.6 Å². The monoisotopic (exact) mass is 284 g/mol. The number of hydrogen-bond acceptors (Lipinski definition) is 2. The zero-order valence-electron chi connectivity index (χ0n) is 13.8. The van der Waals surface area contributed by atoms with Crippen LogP contribution in [-0.4, -0.2) is 17.6 Å². The standard InChI is InChI=1S/C19H28N2/c1-5-11-20-19(15(4)14(2)3)13-16-10-12-21-18-9-7-6-8-17(16)18/h6-10,12,14-15,19-20H,5,11,13H2,1-4H3. The van der Waals surface area contributed by atoms with Crippen LogP contribution in [0.2, 0.25) is 0 Å². The quantitative estimate of drug-likeness (QED) is 0.813.